The molecule has 1 unspecified atom stereocenters. The lowest BCUT2D eigenvalue weighted by molar-refractivity contribution is 0.103. The number of aryl methyl sites for hydroxylation is 1. The predicted molar refractivity (Wildman–Crippen MR) is 88.2 cm³/mol. The Morgan fingerprint density at radius 3 is 2.81 bits per heavy atom. The Bertz CT molecular complexity index is 617. The van der Waals surface area contributed by atoms with Crippen molar-refractivity contribution in [3.05, 3.63) is 40.1 Å². The van der Waals surface area contributed by atoms with Crippen LogP contribution in [0.5, 0.6) is 5.75 Å². The number of carbonyl (C=O) groups is 1. The van der Waals surface area contributed by atoms with Crippen molar-refractivity contribution in [1.29, 1.82) is 0 Å². The normalized spacial score (nSPS) is 12.0. The fraction of sp³-hybridized carbons (Fsp3) is 0.312. The lowest BCUT2D eigenvalue weighted by atomic mass is 10.2. The summed E-state index contributed by atoms with van der Waals surface area (Å²) in [7, 11) is 0. The summed E-state index contributed by atoms with van der Waals surface area (Å²) in [6.45, 7) is 5.99. The van der Waals surface area contributed by atoms with Gasteiger partial charge in [0.25, 0.3) is 5.91 Å². The third-order valence-corrected chi connectivity index (χ3v) is 4.25. The first kappa shape index (κ1) is 15.4. The van der Waals surface area contributed by atoms with Crippen LogP contribution in [0.4, 0.5) is 11.4 Å². The van der Waals surface area contributed by atoms with E-state index in [1.54, 1.807) is 6.07 Å². The van der Waals surface area contributed by atoms with E-state index in [9.17, 15) is 4.79 Å². The van der Waals surface area contributed by atoms with Crippen molar-refractivity contribution >= 4 is 28.6 Å². The van der Waals surface area contributed by atoms with E-state index in [0.29, 0.717) is 16.3 Å². The summed E-state index contributed by atoms with van der Waals surface area (Å²) in [5.74, 6) is 0.601. The molecule has 2 rings (SSSR count). The average Bonchev–Trinajstić information content (AvgIpc) is 2.79. The minimum atomic E-state index is -0.152. The molecule has 21 heavy (non-hydrogen) atoms. The second-order valence-corrected chi connectivity index (χ2v) is 6.20. The number of carbonyl (C=O) groups excluding carboxylic acids is 1. The van der Waals surface area contributed by atoms with Crippen LogP contribution in [-0.4, -0.2) is 12.0 Å². The summed E-state index contributed by atoms with van der Waals surface area (Å²) in [4.78, 5) is 13.7. The van der Waals surface area contributed by atoms with Crippen molar-refractivity contribution in [3.8, 4) is 5.75 Å². The molecular formula is C16H20N2O2S. The van der Waals surface area contributed by atoms with Gasteiger partial charge < -0.3 is 15.8 Å². The monoisotopic (exact) mass is 304 g/mol. The standard InChI is InChI=1S/C16H20N2O2S/c1-4-10(2)20-13-7-5-6-12(8-13)18-16(19)15-9-14(17)11(3)21-15/h5-10H,4,17H2,1-3H3,(H,18,19). The molecule has 1 amide bonds. The molecule has 0 aliphatic rings. The van der Waals surface area contributed by atoms with E-state index in [4.69, 9.17) is 10.5 Å². The van der Waals surface area contributed by atoms with E-state index >= 15 is 0 Å². The zero-order valence-electron chi connectivity index (χ0n) is 12.5. The highest BCUT2D eigenvalue weighted by Crippen LogP contribution is 2.25. The fourth-order valence-electron chi connectivity index (χ4n) is 1.76. The van der Waals surface area contributed by atoms with Gasteiger partial charge >= 0.3 is 0 Å². The van der Waals surface area contributed by atoms with E-state index in [1.807, 2.05) is 38.1 Å². The maximum absolute atomic E-state index is 12.2. The third kappa shape index (κ3) is 3.98. The van der Waals surface area contributed by atoms with Crippen molar-refractivity contribution in [2.45, 2.75) is 33.3 Å². The number of amides is 1. The first-order valence-electron chi connectivity index (χ1n) is 6.93. The summed E-state index contributed by atoms with van der Waals surface area (Å²) in [6, 6.07) is 9.12. The quantitative estimate of drug-likeness (QED) is 0.875. The van der Waals surface area contributed by atoms with E-state index in [-0.39, 0.29) is 12.0 Å². The number of hydrogen-bond donors (Lipinski definition) is 2. The molecule has 0 saturated heterocycles. The van der Waals surface area contributed by atoms with E-state index in [2.05, 4.69) is 12.2 Å². The van der Waals surface area contributed by atoms with Crippen molar-refractivity contribution in [2.75, 3.05) is 11.1 Å². The molecule has 112 valence electrons. The SMILES string of the molecule is CCC(C)Oc1cccc(NC(=O)c2cc(N)c(C)s2)c1. The number of benzene rings is 1. The molecule has 0 aliphatic carbocycles. The lowest BCUT2D eigenvalue weighted by Crippen LogP contribution is -2.12. The summed E-state index contributed by atoms with van der Waals surface area (Å²) in [5.41, 5.74) is 7.14. The first-order valence-corrected chi connectivity index (χ1v) is 7.75. The molecule has 5 heteroatoms. The number of hydrogen-bond acceptors (Lipinski definition) is 4. The molecule has 2 aromatic rings. The summed E-state index contributed by atoms with van der Waals surface area (Å²) >= 11 is 1.39. The van der Waals surface area contributed by atoms with Gasteiger partial charge in [0.15, 0.2) is 0 Å². The van der Waals surface area contributed by atoms with Gasteiger partial charge in [-0.05, 0) is 38.5 Å². The topological polar surface area (TPSA) is 64.3 Å². The molecule has 3 N–H and O–H groups in total. The predicted octanol–water partition coefficient (Wildman–Crippen LogP) is 4.07. The van der Waals surface area contributed by atoms with Crippen LogP contribution in [0, 0.1) is 6.92 Å². The molecule has 1 heterocycles. The molecule has 4 nitrogen and oxygen atoms in total. The minimum Gasteiger partial charge on any atom is -0.491 e. The van der Waals surface area contributed by atoms with Crippen LogP contribution in [0.2, 0.25) is 0 Å². The van der Waals surface area contributed by atoms with Crippen molar-refractivity contribution in [3.63, 3.8) is 0 Å². The van der Waals surface area contributed by atoms with Gasteiger partial charge in [-0.15, -0.1) is 11.3 Å². The molecule has 1 aromatic carbocycles. The number of anilines is 2. The van der Waals surface area contributed by atoms with E-state index in [0.717, 1.165) is 17.0 Å². The molecule has 0 spiro atoms. The number of nitrogen functional groups attached to an aromatic ring is 1. The molecule has 1 atom stereocenters. The van der Waals surface area contributed by atoms with Gasteiger partial charge in [-0.25, -0.2) is 0 Å². The average molecular weight is 304 g/mol. The summed E-state index contributed by atoms with van der Waals surface area (Å²) in [6.07, 6.45) is 1.08. The van der Waals surface area contributed by atoms with Gasteiger partial charge in [0.05, 0.1) is 11.0 Å². The van der Waals surface area contributed by atoms with Crippen LogP contribution < -0.4 is 15.8 Å². The highest BCUT2D eigenvalue weighted by molar-refractivity contribution is 7.14. The van der Waals surface area contributed by atoms with E-state index in [1.165, 1.54) is 11.3 Å². The molecule has 0 fully saturated rings. The Morgan fingerprint density at radius 1 is 1.43 bits per heavy atom. The highest BCUT2D eigenvalue weighted by atomic mass is 32.1. The second kappa shape index (κ2) is 6.63. The van der Waals surface area contributed by atoms with Crippen LogP contribution in [0.3, 0.4) is 0 Å². The Kier molecular flexibility index (Phi) is 4.85. The molecule has 0 radical (unpaired) electrons. The molecule has 0 saturated carbocycles. The van der Waals surface area contributed by atoms with Gasteiger partial charge in [0.2, 0.25) is 0 Å². The highest BCUT2D eigenvalue weighted by Gasteiger charge is 2.11. The molecule has 1 aromatic heterocycles. The lowest BCUT2D eigenvalue weighted by Gasteiger charge is -2.13. The Labute approximate surface area is 128 Å². The molecule has 0 aliphatic heterocycles. The fourth-order valence-corrected chi connectivity index (χ4v) is 2.60. The summed E-state index contributed by atoms with van der Waals surface area (Å²) in [5, 5.41) is 2.87. The van der Waals surface area contributed by atoms with Gasteiger partial charge in [-0.2, -0.15) is 0 Å². The Morgan fingerprint density at radius 2 is 2.19 bits per heavy atom. The van der Waals surface area contributed by atoms with Gasteiger partial charge in [-0.3, -0.25) is 4.79 Å². The van der Waals surface area contributed by atoms with Crippen LogP contribution in [0.15, 0.2) is 30.3 Å². The van der Waals surface area contributed by atoms with Crippen LogP contribution >= 0.6 is 11.3 Å². The maximum atomic E-state index is 12.2. The number of rotatable bonds is 5. The van der Waals surface area contributed by atoms with Crippen LogP contribution in [-0.2, 0) is 0 Å². The second-order valence-electron chi connectivity index (χ2n) is 4.94. The summed E-state index contributed by atoms with van der Waals surface area (Å²) < 4.78 is 5.75. The molecular weight excluding hydrogens is 284 g/mol. The number of ether oxygens (including phenoxy) is 1. The van der Waals surface area contributed by atoms with Gasteiger partial charge in [0, 0.05) is 22.3 Å². The first-order chi connectivity index (χ1) is 9.99. The van der Waals surface area contributed by atoms with Gasteiger partial charge in [0.1, 0.15) is 5.75 Å². The minimum absolute atomic E-state index is 0.149. The van der Waals surface area contributed by atoms with Crippen molar-refractivity contribution in [1.82, 2.24) is 0 Å². The number of thiophene rings is 1. The van der Waals surface area contributed by atoms with Gasteiger partial charge in [-0.1, -0.05) is 13.0 Å². The zero-order chi connectivity index (χ0) is 15.4. The largest absolute Gasteiger partial charge is 0.491 e. The van der Waals surface area contributed by atoms with Crippen molar-refractivity contribution < 1.29 is 9.53 Å². The number of nitrogens with two attached hydrogens (primary N) is 1. The van der Waals surface area contributed by atoms with Crippen LogP contribution in [0.1, 0.15) is 34.8 Å². The smallest absolute Gasteiger partial charge is 0.265 e. The third-order valence-electron chi connectivity index (χ3n) is 3.18. The van der Waals surface area contributed by atoms with E-state index < -0.39 is 0 Å². The Balaban J connectivity index is 2.08. The zero-order valence-corrected chi connectivity index (χ0v) is 13.3. The van der Waals surface area contributed by atoms with Crippen LogP contribution in [0.25, 0.3) is 0 Å². The van der Waals surface area contributed by atoms with Crippen molar-refractivity contribution in [2.24, 2.45) is 0 Å². The maximum Gasteiger partial charge on any atom is 0.265 e. The Hall–Kier alpha value is -2.01. The molecule has 0 bridgehead atoms. The number of nitrogens with one attached hydrogen (secondary N) is 1.